The van der Waals surface area contributed by atoms with Gasteiger partial charge in [0.1, 0.15) is 16.4 Å². The van der Waals surface area contributed by atoms with Gasteiger partial charge in [0, 0.05) is 29.9 Å². The van der Waals surface area contributed by atoms with E-state index >= 15 is 0 Å². The van der Waals surface area contributed by atoms with Crippen molar-refractivity contribution >= 4 is 11.3 Å². The highest BCUT2D eigenvalue weighted by molar-refractivity contribution is 7.09. The third-order valence-corrected chi connectivity index (χ3v) is 5.58. The number of likely N-dealkylation sites (tertiary alicyclic amines) is 1. The van der Waals surface area contributed by atoms with E-state index in [1.807, 2.05) is 41.3 Å². The molecule has 0 aliphatic carbocycles. The Morgan fingerprint density at radius 1 is 1.28 bits per heavy atom. The zero-order valence-electron chi connectivity index (χ0n) is 14.3. The van der Waals surface area contributed by atoms with Gasteiger partial charge in [0.15, 0.2) is 0 Å². The summed E-state index contributed by atoms with van der Waals surface area (Å²) < 4.78 is 7.35. The molecule has 0 N–H and O–H groups in total. The fourth-order valence-electron chi connectivity index (χ4n) is 3.49. The van der Waals surface area contributed by atoms with Crippen LogP contribution in [0.5, 0.6) is 5.75 Å². The van der Waals surface area contributed by atoms with Gasteiger partial charge >= 0.3 is 0 Å². The molecule has 1 aromatic carbocycles. The van der Waals surface area contributed by atoms with Gasteiger partial charge in [-0.1, -0.05) is 18.6 Å². The third-order valence-electron chi connectivity index (χ3n) is 4.70. The smallest absolute Gasteiger partial charge is 0.144 e. The highest BCUT2D eigenvalue weighted by Crippen LogP contribution is 2.33. The second-order valence-corrected chi connectivity index (χ2v) is 7.24. The second-order valence-electron chi connectivity index (χ2n) is 6.32. The Balaban J connectivity index is 1.54. The molecule has 0 bridgehead atoms. The van der Waals surface area contributed by atoms with Crippen molar-refractivity contribution in [2.75, 3.05) is 13.7 Å². The van der Waals surface area contributed by atoms with Crippen LogP contribution < -0.4 is 4.74 Å². The van der Waals surface area contributed by atoms with Crippen molar-refractivity contribution in [3.63, 3.8) is 0 Å². The maximum atomic E-state index is 5.45. The minimum Gasteiger partial charge on any atom is -0.494 e. The molecule has 1 atom stereocenters. The Morgan fingerprint density at radius 3 is 3.04 bits per heavy atom. The minimum absolute atomic E-state index is 0.434. The quantitative estimate of drug-likeness (QED) is 0.693. The summed E-state index contributed by atoms with van der Waals surface area (Å²) in [4.78, 5) is 7.08. The van der Waals surface area contributed by atoms with Crippen molar-refractivity contribution in [3.8, 4) is 11.4 Å². The summed E-state index contributed by atoms with van der Waals surface area (Å²) >= 11 is 1.76. The normalized spacial score (nSPS) is 18.4. The Bertz CT molecular complexity index is 814. The van der Waals surface area contributed by atoms with E-state index in [0.29, 0.717) is 6.04 Å². The van der Waals surface area contributed by atoms with Crippen LogP contribution in [0.2, 0.25) is 0 Å². The Hall–Kier alpha value is -2.18. The van der Waals surface area contributed by atoms with Gasteiger partial charge in [-0.25, -0.2) is 9.67 Å². The van der Waals surface area contributed by atoms with Crippen molar-refractivity contribution in [3.05, 3.63) is 58.8 Å². The summed E-state index contributed by atoms with van der Waals surface area (Å²) in [6, 6.07) is 8.39. The number of para-hydroxylation sites is 2. The lowest BCUT2D eigenvalue weighted by atomic mass is 10.0. The predicted molar refractivity (Wildman–Crippen MR) is 99.2 cm³/mol. The first kappa shape index (κ1) is 16.3. The number of aromatic nitrogens is 3. The van der Waals surface area contributed by atoms with Gasteiger partial charge in [-0.15, -0.1) is 11.3 Å². The standard InChI is InChI=1S/C19H22N4OS/c1-24-18-8-3-2-6-16(18)23-14-15(12-21-23)13-22-10-5-4-7-17(22)19-20-9-11-25-19/h2-3,6,8-9,11-12,14,17H,4-5,7,10,13H2,1H3. The molecule has 0 radical (unpaired) electrons. The molecule has 4 rings (SSSR count). The first-order valence-corrected chi connectivity index (χ1v) is 9.53. The molecule has 0 saturated carbocycles. The first-order valence-electron chi connectivity index (χ1n) is 8.65. The fraction of sp³-hybridized carbons (Fsp3) is 0.368. The largest absolute Gasteiger partial charge is 0.494 e. The molecule has 3 heterocycles. The van der Waals surface area contributed by atoms with Gasteiger partial charge in [-0.05, 0) is 31.5 Å². The average molecular weight is 354 g/mol. The Kier molecular flexibility index (Phi) is 4.81. The van der Waals surface area contributed by atoms with Crippen LogP contribution in [0.15, 0.2) is 48.2 Å². The van der Waals surface area contributed by atoms with Crippen molar-refractivity contribution in [2.24, 2.45) is 0 Å². The number of piperidine rings is 1. The molecule has 0 spiro atoms. The molecule has 1 saturated heterocycles. The molecule has 3 aromatic rings. The topological polar surface area (TPSA) is 43.2 Å². The lowest BCUT2D eigenvalue weighted by Crippen LogP contribution is -2.32. The lowest BCUT2D eigenvalue weighted by molar-refractivity contribution is 0.140. The Morgan fingerprint density at radius 2 is 2.20 bits per heavy atom. The number of nitrogens with zero attached hydrogens (tertiary/aromatic N) is 4. The van der Waals surface area contributed by atoms with Crippen molar-refractivity contribution in [2.45, 2.75) is 31.8 Å². The van der Waals surface area contributed by atoms with E-state index in [1.165, 1.54) is 29.8 Å². The van der Waals surface area contributed by atoms with E-state index < -0.39 is 0 Å². The van der Waals surface area contributed by atoms with E-state index in [-0.39, 0.29) is 0 Å². The number of hydrogen-bond acceptors (Lipinski definition) is 5. The van der Waals surface area contributed by atoms with Gasteiger partial charge in [0.25, 0.3) is 0 Å². The van der Waals surface area contributed by atoms with Gasteiger partial charge in [-0.3, -0.25) is 4.90 Å². The van der Waals surface area contributed by atoms with Crippen LogP contribution in [0, 0.1) is 0 Å². The summed E-state index contributed by atoms with van der Waals surface area (Å²) in [5, 5.41) is 7.85. The zero-order valence-corrected chi connectivity index (χ0v) is 15.2. The van der Waals surface area contributed by atoms with E-state index in [4.69, 9.17) is 4.74 Å². The van der Waals surface area contributed by atoms with E-state index in [2.05, 4.69) is 26.6 Å². The minimum atomic E-state index is 0.434. The third kappa shape index (κ3) is 3.45. The SMILES string of the molecule is COc1ccccc1-n1cc(CN2CCCCC2c2nccs2)cn1. The van der Waals surface area contributed by atoms with E-state index in [0.717, 1.165) is 24.5 Å². The lowest BCUT2D eigenvalue weighted by Gasteiger charge is -2.34. The van der Waals surface area contributed by atoms with Crippen LogP contribution >= 0.6 is 11.3 Å². The maximum Gasteiger partial charge on any atom is 0.144 e. The van der Waals surface area contributed by atoms with Crippen LogP contribution in [0.3, 0.4) is 0 Å². The van der Waals surface area contributed by atoms with Gasteiger partial charge < -0.3 is 4.74 Å². The number of benzene rings is 1. The summed E-state index contributed by atoms with van der Waals surface area (Å²) in [6.07, 6.45) is 9.69. The van der Waals surface area contributed by atoms with Crippen LogP contribution in [-0.4, -0.2) is 33.3 Å². The van der Waals surface area contributed by atoms with E-state index in [1.54, 1.807) is 18.4 Å². The molecular weight excluding hydrogens is 332 g/mol. The highest BCUT2D eigenvalue weighted by atomic mass is 32.1. The number of thiazole rings is 1. The molecule has 1 fully saturated rings. The molecule has 5 nitrogen and oxygen atoms in total. The first-order chi connectivity index (χ1) is 12.3. The maximum absolute atomic E-state index is 5.45. The molecule has 130 valence electrons. The Labute approximate surface area is 151 Å². The van der Waals surface area contributed by atoms with Gasteiger partial charge in [0.05, 0.1) is 19.3 Å². The summed E-state index contributed by atoms with van der Waals surface area (Å²) in [6.45, 7) is 2.02. The van der Waals surface area contributed by atoms with Gasteiger partial charge in [0.2, 0.25) is 0 Å². The summed E-state index contributed by atoms with van der Waals surface area (Å²) in [7, 11) is 1.69. The van der Waals surface area contributed by atoms with Crippen LogP contribution in [0.4, 0.5) is 0 Å². The van der Waals surface area contributed by atoms with Crippen LogP contribution in [0.1, 0.15) is 35.9 Å². The van der Waals surface area contributed by atoms with E-state index in [9.17, 15) is 0 Å². The molecule has 1 unspecified atom stereocenters. The number of ether oxygens (including phenoxy) is 1. The fourth-order valence-corrected chi connectivity index (χ4v) is 4.29. The van der Waals surface area contributed by atoms with Crippen molar-refractivity contribution in [1.29, 1.82) is 0 Å². The highest BCUT2D eigenvalue weighted by Gasteiger charge is 2.26. The predicted octanol–water partition coefficient (Wildman–Crippen LogP) is 4.06. The number of hydrogen-bond donors (Lipinski definition) is 0. The molecule has 1 aliphatic heterocycles. The zero-order chi connectivity index (χ0) is 17.1. The molecule has 25 heavy (non-hydrogen) atoms. The van der Waals surface area contributed by atoms with Crippen molar-refractivity contribution in [1.82, 2.24) is 19.7 Å². The van der Waals surface area contributed by atoms with Crippen LogP contribution in [0.25, 0.3) is 5.69 Å². The molecule has 6 heteroatoms. The molecule has 2 aromatic heterocycles. The summed E-state index contributed by atoms with van der Waals surface area (Å²) in [5.41, 5.74) is 2.18. The molecular formula is C19H22N4OS. The second kappa shape index (κ2) is 7.37. The number of methoxy groups -OCH3 is 1. The number of rotatable bonds is 5. The molecule has 1 aliphatic rings. The molecule has 0 amide bonds. The summed E-state index contributed by atoms with van der Waals surface area (Å²) in [5.74, 6) is 0.829. The monoisotopic (exact) mass is 354 g/mol. The average Bonchev–Trinajstić information content (AvgIpc) is 3.34. The van der Waals surface area contributed by atoms with Gasteiger partial charge in [-0.2, -0.15) is 5.10 Å². The van der Waals surface area contributed by atoms with Crippen LogP contribution in [-0.2, 0) is 6.54 Å². The van der Waals surface area contributed by atoms with Crippen molar-refractivity contribution < 1.29 is 4.74 Å².